The molecule has 0 aliphatic rings. The number of hydrogen-bond donors (Lipinski definition) is 0. The van der Waals surface area contributed by atoms with E-state index in [0.29, 0.717) is 23.1 Å². The molecule has 0 saturated heterocycles. The van der Waals surface area contributed by atoms with Crippen LogP contribution in [0.3, 0.4) is 0 Å². The van der Waals surface area contributed by atoms with E-state index >= 15 is 0 Å². The van der Waals surface area contributed by atoms with Gasteiger partial charge in [0.1, 0.15) is 11.2 Å². The van der Waals surface area contributed by atoms with Gasteiger partial charge in [-0.25, -0.2) is 9.97 Å². The van der Waals surface area contributed by atoms with Gasteiger partial charge >= 0.3 is 0 Å². The molecule has 0 aliphatic carbocycles. The van der Waals surface area contributed by atoms with E-state index in [-0.39, 0.29) is 0 Å². The molecule has 276 valence electrons. The van der Waals surface area contributed by atoms with Gasteiger partial charge in [0.2, 0.25) is 11.4 Å². The van der Waals surface area contributed by atoms with Crippen molar-refractivity contribution >= 4 is 82.7 Å². The number of rotatable bonds is 6. The molecule has 0 unspecified atom stereocenters. The van der Waals surface area contributed by atoms with Crippen molar-refractivity contribution in [2.24, 2.45) is 0 Å². The van der Waals surface area contributed by atoms with Crippen LogP contribution in [0.2, 0.25) is 0 Å². The van der Waals surface area contributed by atoms with Gasteiger partial charge in [0.15, 0.2) is 11.6 Å². The Labute approximate surface area is 337 Å². The highest BCUT2D eigenvalue weighted by Crippen LogP contribution is 2.40. The normalized spacial score (nSPS) is 11.7. The highest BCUT2D eigenvalue weighted by atomic mass is 16.3. The van der Waals surface area contributed by atoms with E-state index in [1.165, 1.54) is 27.3 Å². The van der Waals surface area contributed by atoms with Gasteiger partial charge in [-0.05, 0) is 112 Å². The second kappa shape index (κ2) is 13.2. The molecule has 7 nitrogen and oxygen atoms in total. The Kier molecular flexibility index (Phi) is 7.40. The van der Waals surface area contributed by atoms with E-state index < -0.39 is 0 Å². The molecule has 0 N–H and O–H groups in total. The van der Waals surface area contributed by atoms with Crippen LogP contribution >= 0.6 is 0 Å². The van der Waals surface area contributed by atoms with Crippen LogP contribution in [-0.4, -0.2) is 19.9 Å². The van der Waals surface area contributed by atoms with E-state index in [2.05, 4.69) is 132 Å². The van der Waals surface area contributed by atoms with Gasteiger partial charge in [-0.1, -0.05) is 97.1 Å². The van der Waals surface area contributed by atoms with Gasteiger partial charge in [-0.15, -0.1) is 0 Å². The Morgan fingerprint density at radius 1 is 0.339 bits per heavy atom. The molecule has 0 aliphatic heterocycles. The Balaban J connectivity index is 0.937. The second-order valence-corrected chi connectivity index (χ2v) is 14.7. The van der Waals surface area contributed by atoms with Gasteiger partial charge in [0.05, 0.1) is 10.8 Å². The third kappa shape index (κ3) is 5.59. The van der Waals surface area contributed by atoms with Crippen LogP contribution in [0.1, 0.15) is 0 Å². The highest BCUT2D eigenvalue weighted by Gasteiger charge is 2.17. The zero-order valence-corrected chi connectivity index (χ0v) is 31.5. The summed E-state index contributed by atoms with van der Waals surface area (Å²) in [4.78, 5) is 21.4. The summed E-state index contributed by atoms with van der Waals surface area (Å²) in [6, 6.07) is 61.0. The van der Waals surface area contributed by atoms with Crippen molar-refractivity contribution < 1.29 is 8.83 Å². The van der Waals surface area contributed by atoms with Crippen LogP contribution in [-0.2, 0) is 0 Å². The summed E-state index contributed by atoms with van der Waals surface area (Å²) in [6.45, 7) is 0. The third-order valence-corrected chi connectivity index (χ3v) is 11.2. The number of aromatic nitrogens is 4. The van der Waals surface area contributed by atoms with Crippen molar-refractivity contribution in [2.45, 2.75) is 0 Å². The monoisotopic (exact) mass is 757 g/mol. The molecule has 12 aromatic rings. The van der Waals surface area contributed by atoms with E-state index in [0.717, 1.165) is 66.3 Å². The number of para-hydroxylation sites is 2. The van der Waals surface area contributed by atoms with Gasteiger partial charge < -0.3 is 13.7 Å². The van der Waals surface area contributed by atoms with Crippen LogP contribution in [0.5, 0.6) is 0 Å². The zero-order chi connectivity index (χ0) is 38.9. The molecule has 0 radical (unpaired) electrons. The van der Waals surface area contributed by atoms with Crippen LogP contribution < -0.4 is 4.90 Å². The first-order valence-electron chi connectivity index (χ1n) is 19.5. The van der Waals surface area contributed by atoms with Crippen LogP contribution in [0.15, 0.2) is 197 Å². The second-order valence-electron chi connectivity index (χ2n) is 14.7. The summed E-state index contributed by atoms with van der Waals surface area (Å²) in [5.41, 5.74) is 9.94. The number of benzene rings is 8. The molecule has 0 atom stereocenters. The molecule has 0 amide bonds. The van der Waals surface area contributed by atoms with Crippen molar-refractivity contribution in [1.29, 1.82) is 0 Å². The van der Waals surface area contributed by atoms with Crippen molar-refractivity contribution in [3.05, 3.63) is 188 Å². The number of fused-ring (bicyclic) bond motifs is 9. The quantitative estimate of drug-likeness (QED) is 0.156. The van der Waals surface area contributed by atoms with Crippen LogP contribution in [0.25, 0.3) is 99.6 Å². The van der Waals surface area contributed by atoms with Crippen molar-refractivity contribution in [3.63, 3.8) is 0 Å². The zero-order valence-electron chi connectivity index (χ0n) is 31.5. The molecule has 0 saturated carbocycles. The summed E-state index contributed by atoms with van der Waals surface area (Å²) >= 11 is 0. The van der Waals surface area contributed by atoms with Gasteiger partial charge in [-0.2, -0.15) is 9.97 Å². The molecule has 0 spiro atoms. The van der Waals surface area contributed by atoms with Crippen LogP contribution in [0.4, 0.5) is 17.1 Å². The molecule has 12 rings (SSSR count). The molecule has 8 aromatic carbocycles. The van der Waals surface area contributed by atoms with Gasteiger partial charge in [0, 0.05) is 51.4 Å². The lowest BCUT2D eigenvalue weighted by molar-refractivity contribution is 0.653. The molecule has 0 fully saturated rings. The lowest BCUT2D eigenvalue weighted by Crippen LogP contribution is -2.10. The first-order chi connectivity index (χ1) is 29.2. The average molecular weight is 758 g/mol. The summed E-state index contributed by atoms with van der Waals surface area (Å²) in [6.07, 6.45) is 3.70. The maximum absolute atomic E-state index is 6.08. The molecule has 4 heterocycles. The minimum absolute atomic E-state index is 0.574. The molecule has 7 heteroatoms. The predicted octanol–water partition coefficient (Wildman–Crippen LogP) is 13.8. The molecule has 0 bridgehead atoms. The highest BCUT2D eigenvalue weighted by molar-refractivity contribution is 6.10. The molecular formula is C52H31N5O2. The molecule has 4 aromatic heterocycles. The minimum atomic E-state index is 0.574. The van der Waals surface area contributed by atoms with E-state index in [4.69, 9.17) is 28.8 Å². The first kappa shape index (κ1) is 33.0. The maximum atomic E-state index is 6.08. The van der Waals surface area contributed by atoms with Crippen molar-refractivity contribution in [2.75, 3.05) is 4.90 Å². The molecule has 59 heavy (non-hydrogen) atoms. The summed E-state index contributed by atoms with van der Waals surface area (Å²) in [7, 11) is 0. The number of nitrogens with zero attached hydrogens (tertiary/aromatic N) is 5. The van der Waals surface area contributed by atoms with Gasteiger partial charge in [0.25, 0.3) is 0 Å². The van der Waals surface area contributed by atoms with E-state index in [9.17, 15) is 0 Å². The van der Waals surface area contributed by atoms with Crippen molar-refractivity contribution in [3.8, 4) is 33.9 Å². The van der Waals surface area contributed by atoms with Crippen LogP contribution in [0, 0.1) is 0 Å². The Bertz CT molecular complexity index is 3400. The minimum Gasteiger partial charge on any atom is -0.438 e. The number of furan rings is 2. The Morgan fingerprint density at radius 2 is 0.814 bits per heavy atom. The predicted molar refractivity (Wildman–Crippen MR) is 238 cm³/mol. The third-order valence-electron chi connectivity index (χ3n) is 11.2. The van der Waals surface area contributed by atoms with E-state index in [1.807, 2.05) is 60.9 Å². The Morgan fingerprint density at radius 3 is 1.39 bits per heavy atom. The lowest BCUT2D eigenvalue weighted by atomic mass is 9.97. The fraction of sp³-hybridized carbons (Fsp3) is 0. The average Bonchev–Trinajstić information content (AvgIpc) is 3.87. The lowest BCUT2D eigenvalue weighted by Gasteiger charge is -2.26. The standard InChI is InChI=1S/C52H31N5O2/c1-2-8-32(9-3-1)35-20-26-41-36(28-35)14-15-37-29-40(25-27-42(37)41)57(38-21-16-33(17-22-38)49-53-30-45-43-10-4-6-12-47(43)58-51(45)55-49)39-23-18-34(19-24-39)50-54-31-46-44-11-5-7-13-48(44)59-52(46)56-50/h1-31H. The van der Waals surface area contributed by atoms with Crippen molar-refractivity contribution in [1.82, 2.24) is 19.9 Å². The first-order valence-corrected chi connectivity index (χ1v) is 19.5. The fourth-order valence-corrected chi connectivity index (χ4v) is 8.27. The molecular weight excluding hydrogens is 727 g/mol. The number of hydrogen-bond acceptors (Lipinski definition) is 7. The van der Waals surface area contributed by atoms with E-state index in [1.54, 1.807) is 0 Å². The summed E-state index contributed by atoms with van der Waals surface area (Å²) < 4.78 is 12.2. The number of anilines is 3. The largest absolute Gasteiger partial charge is 0.438 e. The maximum Gasteiger partial charge on any atom is 0.230 e. The summed E-state index contributed by atoms with van der Waals surface area (Å²) in [5.74, 6) is 1.21. The summed E-state index contributed by atoms with van der Waals surface area (Å²) in [5, 5.41) is 8.60. The van der Waals surface area contributed by atoms with Gasteiger partial charge in [-0.3, -0.25) is 0 Å². The SMILES string of the molecule is c1ccc(-c2ccc3c(ccc4cc(N(c5ccc(-c6ncc7c(n6)oc6ccccc67)cc5)c5ccc(-c6ncc7c(n6)oc6ccccc67)cc5)ccc43)c2)cc1. The Hall–Kier alpha value is -8.16. The smallest absolute Gasteiger partial charge is 0.230 e. The fourth-order valence-electron chi connectivity index (χ4n) is 8.27. The topological polar surface area (TPSA) is 81.1 Å².